The number of allylic oxidation sites excluding steroid dienone is 1. The number of carbonyl (C=O) groups is 4. The van der Waals surface area contributed by atoms with Gasteiger partial charge in [0.2, 0.25) is 0 Å². The molecule has 2 aliphatic rings. The van der Waals surface area contributed by atoms with E-state index in [1.54, 1.807) is 6.08 Å². The highest BCUT2D eigenvalue weighted by molar-refractivity contribution is 5.98. The van der Waals surface area contributed by atoms with Crippen molar-refractivity contribution >= 4 is 23.7 Å². The number of ether oxygens (including phenoxy) is 3. The van der Waals surface area contributed by atoms with E-state index in [0.717, 1.165) is 13.8 Å². The highest BCUT2D eigenvalue weighted by Crippen LogP contribution is 2.40. The van der Waals surface area contributed by atoms with E-state index in [9.17, 15) is 24.3 Å². The summed E-state index contributed by atoms with van der Waals surface area (Å²) in [6, 6.07) is 0. The first-order valence-corrected chi connectivity index (χ1v) is 9.24. The molecule has 2 rings (SSSR count). The van der Waals surface area contributed by atoms with Crippen LogP contribution in [0.5, 0.6) is 0 Å². The van der Waals surface area contributed by atoms with Crippen molar-refractivity contribution in [1.82, 2.24) is 0 Å². The van der Waals surface area contributed by atoms with Gasteiger partial charge in [0.25, 0.3) is 0 Å². The van der Waals surface area contributed by atoms with E-state index in [1.807, 2.05) is 6.92 Å². The fourth-order valence-electron chi connectivity index (χ4n) is 3.49. The highest BCUT2D eigenvalue weighted by atomic mass is 16.6. The average molecular weight is 406 g/mol. The lowest BCUT2D eigenvalue weighted by Gasteiger charge is -2.39. The number of fused-ring (bicyclic) bond motifs is 1. The summed E-state index contributed by atoms with van der Waals surface area (Å²) in [5.74, 6) is -4.17. The molecule has 0 unspecified atom stereocenters. The molecule has 1 N–H and O–H groups in total. The molecular weight excluding hydrogens is 380 g/mol. The molecule has 0 saturated carbocycles. The van der Waals surface area contributed by atoms with Crippen LogP contribution in [0.25, 0.3) is 0 Å². The van der Waals surface area contributed by atoms with Crippen LogP contribution in [0.3, 0.4) is 0 Å². The van der Waals surface area contributed by atoms with Crippen LogP contribution in [0.1, 0.15) is 34.1 Å². The molecule has 1 fully saturated rings. The van der Waals surface area contributed by atoms with Gasteiger partial charge in [-0.2, -0.15) is 0 Å². The molecule has 0 spiro atoms. The van der Waals surface area contributed by atoms with E-state index >= 15 is 0 Å². The van der Waals surface area contributed by atoms with E-state index in [4.69, 9.17) is 14.2 Å². The predicted molar refractivity (Wildman–Crippen MR) is 101 cm³/mol. The molecule has 1 saturated heterocycles. The molecule has 29 heavy (non-hydrogen) atoms. The van der Waals surface area contributed by atoms with Crippen molar-refractivity contribution in [2.45, 2.75) is 58.0 Å². The predicted octanol–water partition coefficient (Wildman–Crippen LogP) is 1.42. The molecule has 158 valence electrons. The Morgan fingerprint density at radius 2 is 1.90 bits per heavy atom. The zero-order chi connectivity index (χ0) is 22.1. The lowest BCUT2D eigenvalue weighted by molar-refractivity contribution is -0.194. The van der Waals surface area contributed by atoms with Crippen LogP contribution in [0.2, 0.25) is 0 Å². The van der Waals surface area contributed by atoms with Gasteiger partial charge in [-0.3, -0.25) is 9.59 Å². The van der Waals surface area contributed by atoms with Gasteiger partial charge in [-0.05, 0) is 32.3 Å². The normalized spacial score (nSPS) is 35.9. The minimum absolute atomic E-state index is 0.00618. The van der Waals surface area contributed by atoms with E-state index in [0.29, 0.717) is 6.42 Å². The molecule has 6 atom stereocenters. The zero-order valence-electron chi connectivity index (χ0n) is 17.0. The van der Waals surface area contributed by atoms with Crippen LogP contribution < -0.4 is 0 Å². The molecule has 8 heteroatoms. The maximum absolute atomic E-state index is 12.7. The van der Waals surface area contributed by atoms with E-state index in [2.05, 4.69) is 13.2 Å². The first-order valence-electron chi connectivity index (χ1n) is 9.24. The summed E-state index contributed by atoms with van der Waals surface area (Å²) < 4.78 is 16.2. The Morgan fingerprint density at radius 3 is 2.45 bits per heavy atom. The molecule has 1 aliphatic carbocycles. The van der Waals surface area contributed by atoms with Crippen LogP contribution in [-0.2, 0) is 33.4 Å². The van der Waals surface area contributed by atoms with Gasteiger partial charge in [0, 0.05) is 18.1 Å². The van der Waals surface area contributed by atoms with E-state index < -0.39 is 53.5 Å². The summed E-state index contributed by atoms with van der Waals surface area (Å²) >= 11 is 0. The Balaban J connectivity index is 2.67. The standard InChI is InChI=1S/C21H26O8/c1-10(2)19(24)29-17-16-12(4)20(25)28-14(16)9-11(3)7-8-15(23)21(6,26)18(17)27-13(5)22/h7-8,11,14,16-18,26H,1,4,9H2,2-3,5-6H3/b8-7-/t11-,14-,16-,17+,18-,21+/m1/s1. The van der Waals surface area contributed by atoms with Crippen LogP contribution in [0.15, 0.2) is 36.5 Å². The number of hydrogen-bond donors (Lipinski definition) is 1. The maximum atomic E-state index is 12.7. The van der Waals surface area contributed by atoms with Gasteiger partial charge in [-0.25, -0.2) is 9.59 Å². The summed E-state index contributed by atoms with van der Waals surface area (Å²) in [6.07, 6.45) is -0.676. The third-order valence-electron chi connectivity index (χ3n) is 5.09. The summed E-state index contributed by atoms with van der Waals surface area (Å²) in [5, 5.41) is 11.0. The van der Waals surface area contributed by atoms with Gasteiger partial charge >= 0.3 is 17.9 Å². The fourth-order valence-corrected chi connectivity index (χ4v) is 3.49. The third-order valence-corrected chi connectivity index (χ3v) is 5.09. The molecule has 0 radical (unpaired) electrons. The molecule has 1 aliphatic heterocycles. The topological polar surface area (TPSA) is 116 Å². The quantitative estimate of drug-likeness (QED) is 0.425. The SMILES string of the molecule is C=C(C)C(=O)O[C@H]1[C@@H]2C(=C)C(=O)O[C@@H]2C[C@H](C)/C=C\C(=O)[C@](C)(O)[C@@H]1OC(C)=O. The Hall–Kier alpha value is -2.74. The molecule has 0 aromatic heterocycles. The molecule has 0 aromatic rings. The summed E-state index contributed by atoms with van der Waals surface area (Å²) in [4.78, 5) is 49.0. The monoisotopic (exact) mass is 406 g/mol. The second-order valence-electron chi connectivity index (χ2n) is 7.76. The second kappa shape index (κ2) is 8.32. The van der Waals surface area contributed by atoms with Crippen molar-refractivity contribution in [2.24, 2.45) is 11.8 Å². The van der Waals surface area contributed by atoms with Gasteiger partial charge in [-0.15, -0.1) is 0 Å². The molecular formula is C21H26O8. The summed E-state index contributed by atoms with van der Waals surface area (Å²) in [6.45, 7) is 12.7. The number of aliphatic hydroxyl groups is 1. The van der Waals surface area contributed by atoms with Gasteiger partial charge in [0.1, 0.15) is 6.10 Å². The fraction of sp³-hybridized carbons (Fsp3) is 0.524. The first-order chi connectivity index (χ1) is 13.4. The van der Waals surface area contributed by atoms with Crippen molar-refractivity contribution in [1.29, 1.82) is 0 Å². The van der Waals surface area contributed by atoms with Crippen molar-refractivity contribution < 1.29 is 38.5 Å². The van der Waals surface area contributed by atoms with E-state index in [-0.39, 0.29) is 17.1 Å². The number of ketones is 1. The lowest BCUT2D eigenvalue weighted by Crippen LogP contribution is -2.58. The third kappa shape index (κ3) is 4.64. The van der Waals surface area contributed by atoms with Crippen molar-refractivity contribution in [3.63, 3.8) is 0 Å². The molecule has 1 heterocycles. The summed E-state index contributed by atoms with van der Waals surface area (Å²) in [5.41, 5.74) is -2.18. The summed E-state index contributed by atoms with van der Waals surface area (Å²) in [7, 11) is 0. The molecule has 8 nitrogen and oxygen atoms in total. The van der Waals surface area contributed by atoms with Crippen molar-refractivity contribution in [3.8, 4) is 0 Å². The largest absolute Gasteiger partial charge is 0.458 e. The van der Waals surface area contributed by atoms with Crippen LogP contribution >= 0.6 is 0 Å². The Labute approximate surface area is 169 Å². The maximum Gasteiger partial charge on any atom is 0.334 e. The number of esters is 3. The molecule has 0 aromatic carbocycles. The average Bonchev–Trinajstić information content (AvgIpc) is 2.88. The minimum atomic E-state index is -2.24. The molecule has 0 bridgehead atoms. The van der Waals surface area contributed by atoms with Gasteiger partial charge in [0.05, 0.1) is 5.92 Å². The Kier molecular flexibility index (Phi) is 6.47. The van der Waals surface area contributed by atoms with Gasteiger partial charge in [0.15, 0.2) is 23.6 Å². The highest BCUT2D eigenvalue weighted by Gasteiger charge is 2.55. The number of rotatable bonds is 3. The Bertz CT molecular complexity index is 791. The van der Waals surface area contributed by atoms with Gasteiger partial charge in [-0.1, -0.05) is 26.2 Å². The number of hydrogen-bond acceptors (Lipinski definition) is 8. The minimum Gasteiger partial charge on any atom is -0.458 e. The van der Waals surface area contributed by atoms with Crippen LogP contribution in [0, 0.1) is 11.8 Å². The van der Waals surface area contributed by atoms with Crippen molar-refractivity contribution in [3.05, 3.63) is 36.5 Å². The zero-order valence-corrected chi connectivity index (χ0v) is 17.0. The second-order valence-corrected chi connectivity index (χ2v) is 7.76. The number of carbonyl (C=O) groups excluding carboxylic acids is 4. The first kappa shape index (κ1) is 22.5. The van der Waals surface area contributed by atoms with Crippen LogP contribution in [-0.4, -0.2) is 52.7 Å². The van der Waals surface area contributed by atoms with E-state index in [1.165, 1.54) is 13.0 Å². The van der Waals surface area contributed by atoms with Crippen molar-refractivity contribution in [2.75, 3.05) is 0 Å². The lowest BCUT2D eigenvalue weighted by atomic mass is 9.77. The molecule has 0 amide bonds. The Morgan fingerprint density at radius 1 is 1.28 bits per heavy atom. The van der Waals surface area contributed by atoms with Gasteiger partial charge < -0.3 is 19.3 Å². The smallest absolute Gasteiger partial charge is 0.334 e. The van der Waals surface area contributed by atoms with Crippen LogP contribution in [0.4, 0.5) is 0 Å².